The molecule has 22 heavy (non-hydrogen) atoms. The lowest BCUT2D eigenvalue weighted by atomic mass is 9.99. The molecule has 118 valence electrons. The van der Waals surface area contributed by atoms with Crippen molar-refractivity contribution in [2.45, 2.75) is 26.2 Å². The molecule has 1 aliphatic rings. The zero-order valence-electron chi connectivity index (χ0n) is 12.7. The van der Waals surface area contributed by atoms with Gasteiger partial charge in [-0.05, 0) is 42.3 Å². The summed E-state index contributed by atoms with van der Waals surface area (Å²) in [6.45, 7) is 4.40. The summed E-state index contributed by atoms with van der Waals surface area (Å²) in [5, 5.41) is 4.03. The lowest BCUT2D eigenvalue weighted by Gasteiger charge is -2.31. The molecule has 1 aliphatic heterocycles. The van der Waals surface area contributed by atoms with E-state index >= 15 is 0 Å². The van der Waals surface area contributed by atoms with E-state index in [4.69, 9.17) is 9.26 Å². The summed E-state index contributed by atoms with van der Waals surface area (Å²) < 4.78 is 23.8. The van der Waals surface area contributed by atoms with E-state index in [-0.39, 0.29) is 5.82 Å². The van der Waals surface area contributed by atoms with Crippen molar-refractivity contribution >= 4 is 5.95 Å². The second-order valence-electron chi connectivity index (χ2n) is 5.56. The fourth-order valence-electron chi connectivity index (χ4n) is 2.65. The van der Waals surface area contributed by atoms with Crippen molar-refractivity contribution in [3.63, 3.8) is 0 Å². The summed E-state index contributed by atoms with van der Waals surface area (Å²) in [7, 11) is 0. The van der Waals surface area contributed by atoms with E-state index in [2.05, 4.69) is 15.0 Å². The molecule has 0 radical (unpaired) electrons. The molecule has 5 nitrogen and oxygen atoms in total. The molecule has 1 unspecified atom stereocenters. The molecule has 3 rings (SSSR count). The topological polar surface area (TPSA) is 51.4 Å². The molecule has 1 atom stereocenters. The lowest BCUT2D eigenvalue weighted by Crippen LogP contribution is -2.38. The van der Waals surface area contributed by atoms with Crippen LogP contribution >= 0.6 is 0 Å². The van der Waals surface area contributed by atoms with Gasteiger partial charge in [0, 0.05) is 25.4 Å². The Morgan fingerprint density at radius 1 is 1.36 bits per heavy atom. The molecule has 0 spiro atoms. The predicted molar refractivity (Wildman–Crippen MR) is 80.5 cm³/mol. The number of nitrogens with zero attached hydrogens (tertiary/aromatic N) is 3. The molecular formula is C16H20FN3O2. The van der Waals surface area contributed by atoms with Crippen LogP contribution in [-0.2, 0) is 6.42 Å². The Kier molecular flexibility index (Phi) is 4.56. The molecule has 0 saturated carbocycles. The third kappa shape index (κ3) is 3.55. The third-order valence-electron chi connectivity index (χ3n) is 3.86. The Morgan fingerprint density at radius 3 is 2.91 bits per heavy atom. The first kappa shape index (κ1) is 14.8. The maximum Gasteiger partial charge on any atom is 0.266 e. The number of aromatic nitrogens is 2. The van der Waals surface area contributed by atoms with Gasteiger partial charge in [0.05, 0.1) is 6.61 Å². The summed E-state index contributed by atoms with van der Waals surface area (Å²) in [4.78, 5) is 6.52. The number of halogens is 1. The Hall–Kier alpha value is -2.11. The van der Waals surface area contributed by atoms with Crippen molar-refractivity contribution in [1.82, 2.24) is 10.1 Å². The van der Waals surface area contributed by atoms with Crippen molar-refractivity contribution in [1.29, 1.82) is 0 Å². The average Bonchev–Trinajstić information content (AvgIpc) is 3.04. The summed E-state index contributed by atoms with van der Waals surface area (Å²) in [5.74, 6) is 2.19. The average molecular weight is 305 g/mol. The van der Waals surface area contributed by atoms with Gasteiger partial charge in [0.1, 0.15) is 11.6 Å². The normalized spacial score (nSPS) is 18.5. The zero-order chi connectivity index (χ0) is 15.4. The van der Waals surface area contributed by atoms with E-state index in [1.165, 1.54) is 12.1 Å². The smallest absolute Gasteiger partial charge is 0.266 e. The van der Waals surface area contributed by atoms with E-state index in [0.717, 1.165) is 32.4 Å². The molecular weight excluding hydrogens is 285 g/mol. The molecule has 1 aromatic carbocycles. The van der Waals surface area contributed by atoms with Gasteiger partial charge in [-0.2, -0.15) is 4.98 Å². The monoisotopic (exact) mass is 305 g/mol. The number of benzene rings is 1. The highest BCUT2D eigenvalue weighted by molar-refractivity contribution is 5.28. The van der Waals surface area contributed by atoms with Gasteiger partial charge < -0.3 is 14.2 Å². The standard InChI is InChI=1S/C16H20FN3O2/c1-2-15-18-16(19-22-15)20-9-3-4-12(10-20)11-21-14-7-5-13(17)6-8-14/h5-8,12H,2-4,9-11H2,1H3. The summed E-state index contributed by atoms with van der Waals surface area (Å²) in [6, 6.07) is 6.13. The van der Waals surface area contributed by atoms with Crippen LogP contribution in [0.5, 0.6) is 5.75 Å². The predicted octanol–water partition coefficient (Wildman–Crippen LogP) is 3.07. The Morgan fingerprint density at radius 2 is 2.18 bits per heavy atom. The highest BCUT2D eigenvalue weighted by atomic mass is 19.1. The molecule has 1 saturated heterocycles. The van der Waals surface area contributed by atoms with E-state index < -0.39 is 0 Å². The molecule has 2 aromatic rings. The van der Waals surface area contributed by atoms with Crippen LogP contribution in [0.2, 0.25) is 0 Å². The van der Waals surface area contributed by atoms with Crippen molar-refractivity contribution in [2.24, 2.45) is 5.92 Å². The number of rotatable bonds is 5. The largest absolute Gasteiger partial charge is 0.493 e. The number of ether oxygens (including phenoxy) is 1. The van der Waals surface area contributed by atoms with Gasteiger partial charge in [0.15, 0.2) is 0 Å². The molecule has 0 bridgehead atoms. The summed E-state index contributed by atoms with van der Waals surface area (Å²) >= 11 is 0. The lowest BCUT2D eigenvalue weighted by molar-refractivity contribution is 0.227. The van der Waals surface area contributed by atoms with Crippen molar-refractivity contribution in [3.8, 4) is 5.75 Å². The number of hydrogen-bond acceptors (Lipinski definition) is 5. The van der Waals surface area contributed by atoms with Crippen molar-refractivity contribution in [2.75, 3.05) is 24.6 Å². The van der Waals surface area contributed by atoms with Gasteiger partial charge in [-0.15, -0.1) is 0 Å². The highest BCUT2D eigenvalue weighted by Crippen LogP contribution is 2.22. The van der Waals surface area contributed by atoms with E-state index in [1.54, 1.807) is 12.1 Å². The number of aryl methyl sites for hydroxylation is 1. The van der Waals surface area contributed by atoms with Gasteiger partial charge in [-0.3, -0.25) is 0 Å². The number of anilines is 1. The summed E-state index contributed by atoms with van der Waals surface area (Å²) in [5.41, 5.74) is 0. The van der Waals surface area contributed by atoms with E-state index in [1.807, 2.05) is 6.92 Å². The quantitative estimate of drug-likeness (QED) is 0.849. The molecule has 0 aliphatic carbocycles. The highest BCUT2D eigenvalue weighted by Gasteiger charge is 2.23. The maximum atomic E-state index is 12.9. The van der Waals surface area contributed by atoms with E-state index in [9.17, 15) is 4.39 Å². The van der Waals surface area contributed by atoms with Crippen LogP contribution in [0, 0.1) is 11.7 Å². The zero-order valence-corrected chi connectivity index (χ0v) is 12.7. The van der Waals surface area contributed by atoms with Crippen LogP contribution in [-0.4, -0.2) is 29.8 Å². The molecule has 1 fully saturated rings. The van der Waals surface area contributed by atoms with Gasteiger partial charge in [0.2, 0.25) is 5.89 Å². The van der Waals surface area contributed by atoms with E-state index in [0.29, 0.717) is 30.1 Å². The Bertz CT molecular complexity index is 600. The molecule has 6 heteroatoms. The van der Waals surface area contributed by atoms with Crippen LogP contribution in [0.25, 0.3) is 0 Å². The van der Waals surface area contributed by atoms with Gasteiger partial charge in [-0.1, -0.05) is 6.92 Å². The number of piperidine rings is 1. The Balaban J connectivity index is 1.55. The second kappa shape index (κ2) is 6.77. The third-order valence-corrected chi connectivity index (χ3v) is 3.86. The van der Waals surface area contributed by atoms with Crippen LogP contribution in [0.3, 0.4) is 0 Å². The first-order chi connectivity index (χ1) is 10.7. The van der Waals surface area contributed by atoms with Crippen LogP contribution in [0.15, 0.2) is 28.8 Å². The molecule has 0 amide bonds. The van der Waals surface area contributed by atoms with Gasteiger partial charge >= 0.3 is 0 Å². The van der Waals surface area contributed by atoms with Gasteiger partial charge in [0.25, 0.3) is 5.95 Å². The number of hydrogen-bond donors (Lipinski definition) is 0. The van der Waals surface area contributed by atoms with Gasteiger partial charge in [-0.25, -0.2) is 4.39 Å². The second-order valence-corrected chi connectivity index (χ2v) is 5.56. The maximum absolute atomic E-state index is 12.9. The molecule has 1 aromatic heterocycles. The van der Waals surface area contributed by atoms with Crippen molar-refractivity contribution < 1.29 is 13.7 Å². The molecule has 2 heterocycles. The van der Waals surface area contributed by atoms with Crippen LogP contribution in [0.4, 0.5) is 10.3 Å². The first-order valence-corrected chi connectivity index (χ1v) is 7.70. The first-order valence-electron chi connectivity index (χ1n) is 7.70. The fraction of sp³-hybridized carbons (Fsp3) is 0.500. The van der Waals surface area contributed by atoms with Crippen molar-refractivity contribution in [3.05, 3.63) is 36.0 Å². The minimum absolute atomic E-state index is 0.250. The minimum Gasteiger partial charge on any atom is -0.493 e. The SMILES string of the molecule is CCc1nc(N2CCCC(COc3ccc(F)cc3)C2)no1. The Labute approximate surface area is 129 Å². The minimum atomic E-state index is -0.250. The summed E-state index contributed by atoms with van der Waals surface area (Å²) in [6.07, 6.45) is 2.93. The van der Waals surface area contributed by atoms with Crippen LogP contribution in [0.1, 0.15) is 25.7 Å². The fourth-order valence-corrected chi connectivity index (χ4v) is 2.65. The van der Waals surface area contributed by atoms with Crippen LogP contribution < -0.4 is 9.64 Å². The molecule has 0 N–H and O–H groups in total.